The zero-order valence-corrected chi connectivity index (χ0v) is 10.9. The van der Waals surface area contributed by atoms with Crippen LogP contribution in [0.2, 0.25) is 0 Å². The van der Waals surface area contributed by atoms with Gasteiger partial charge in [0, 0.05) is 16.3 Å². The van der Waals surface area contributed by atoms with Crippen molar-refractivity contribution in [3.63, 3.8) is 0 Å². The summed E-state index contributed by atoms with van der Waals surface area (Å²) >= 11 is 0. The smallest absolute Gasteiger partial charge is 0.341 e. The third-order valence-corrected chi connectivity index (χ3v) is 3.04. The van der Waals surface area contributed by atoms with E-state index in [0.29, 0.717) is 16.9 Å². The number of benzene rings is 2. The fraction of sp³-hybridized carbons (Fsp3) is 0.0625. The Morgan fingerprint density at radius 3 is 2.67 bits per heavy atom. The van der Waals surface area contributed by atoms with Gasteiger partial charge in [-0.2, -0.15) is 0 Å². The number of carboxylic acid groups (broad SMARTS) is 1. The molecule has 0 saturated heterocycles. The van der Waals surface area contributed by atoms with Gasteiger partial charge in [0.15, 0.2) is 6.61 Å². The van der Waals surface area contributed by atoms with Crippen LogP contribution in [0.5, 0.6) is 5.75 Å². The van der Waals surface area contributed by atoms with Crippen molar-refractivity contribution in [3.05, 3.63) is 54.5 Å². The molecule has 0 radical (unpaired) electrons. The van der Waals surface area contributed by atoms with E-state index in [1.807, 2.05) is 0 Å². The maximum absolute atomic E-state index is 13.1. The van der Waals surface area contributed by atoms with Gasteiger partial charge in [0.1, 0.15) is 17.3 Å². The number of carbonyl (C=O) groups is 1. The molecule has 0 aliphatic carbocycles. The highest BCUT2D eigenvalue weighted by molar-refractivity contribution is 5.94. The number of fused-ring (bicyclic) bond motifs is 1. The minimum Gasteiger partial charge on any atom is -0.482 e. The lowest BCUT2D eigenvalue weighted by Gasteiger charge is -2.04. The van der Waals surface area contributed by atoms with E-state index in [2.05, 4.69) is 0 Å². The SMILES string of the molecule is O=C(O)COc1ccc(-c2occ3cc(F)ccc23)cc1. The van der Waals surface area contributed by atoms with Gasteiger partial charge in [-0.05, 0) is 42.5 Å². The van der Waals surface area contributed by atoms with Gasteiger partial charge in [-0.15, -0.1) is 0 Å². The zero-order valence-electron chi connectivity index (χ0n) is 10.9. The monoisotopic (exact) mass is 286 g/mol. The molecule has 1 N–H and O–H groups in total. The van der Waals surface area contributed by atoms with E-state index in [0.717, 1.165) is 10.9 Å². The van der Waals surface area contributed by atoms with Gasteiger partial charge in [-0.3, -0.25) is 0 Å². The maximum Gasteiger partial charge on any atom is 0.341 e. The first-order chi connectivity index (χ1) is 10.1. The Morgan fingerprint density at radius 1 is 1.19 bits per heavy atom. The van der Waals surface area contributed by atoms with Crippen molar-refractivity contribution >= 4 is 16.7 Å². The lowest BCUT2D eigenvalue weighted by atomic mass is 10.1. The summed E-state index contributed by atoms with van der Waals surface area (Å²) in [6.45, 7) is -0.387. The van der Waals surface area contributed by atoms with Crippen molar-refractivity contribution in [3.8, 4) is 17.1 Å². The first-order valence-electron chi connectivity index (χ1n) is 6.25. The van der Waals surface area contributed by atoms with Gasteiger partial charge in [0.05, 0.1) is 6.26 Å². The van der Waals surface area contributed by atoms with Gasteiger partial charge >= 0.3 is 5.97 Å². The molecule has 1 heterocycles. The second-order valence-corrected chi connectivity index (χ2v) is 4.50. The minimum atomic E-state index is -1.03. The van der Waals surface area contributed by atoms with Gasteiger partial charge in [0.25, 0.3) is 0 Å². The summed E-state index contributed by atoms with van der Waals surface area (Å²) in [6.07, 6.45) is 1.50. The summed E-state index contributed by atoms with van der Waals surface area (Å²) in [7, 11) is 0. The quantitative estimate of drug-likeness (QED) is 0.794. The predicted octanol–water partition coefficient (Wildman–Crippen LogP) is 3.70. The van der Waals surface area contributed by atoms with Crippen molar-refractivity contribution in [1.82, 2.24) is 0 Å². The van der Waals surface area contributed by atoms with Gasteiger partial charge in [-0.25, -0.2) is 9.18 Å². The number of hydrogen-bond donors (Lipinski definition) is 1. The molecular formula is C16H11FO4. The topological polar surface area (TPSA) is 59.7 Å². The summed E-state index contributed by atoms with van der Waals surface area (Å²) < 4.78 is 23.7. The molecule has 0 saturated carbocycles. The summed E-state index contributed by atoms with van der Waals surface area (Å²) in [4.78, 5) is 10.4. The van der Waals surface area contributed by atoms with Gasteiger partial charge < -0.3 is 14.3 Å². The lowest BCUT2D eigenvalue weighted by Crippen LogP contribution is -2.09. The standard InChI is InChI=1S/C16H11FO4/c17-12-3-6-14-11(7-12)8-21-16(14)10-1-4-13(5-2-10)20-9-15(18)19/h1-8H,9H2,(H,18,19). The second kappa shape index (κ2) is 5.28. The number of aliphatic carboxylic acids is 1. The van der Waals surface area contributed by atoms with Crippen LogP contribution in [0.25, 0.3) is 22.1 Å². The van der Waals surface area contributed by atoms with Gasteiger partial charge in [-0.1, -0.05) is 0 Å². The van der Waals surface area contributed by atoms with Crippen molar-refractivity contribution in [2.45, 2.75) is 0 Å². The fourth-order valence-corrected chi connectivity index (χ4v) is 2.09. The number of carboxylic acids is 1. The van der Waals surface area contributed by atoms with Crippen LogP contribution in [-0.2, 0) is 4.79 Å². The van der Waals surface area contributed by atoms with E-state index >= 15 is 0 Å². The third-order valence-electron chi connectivity index (χ3n) is 3.04. The molecule has 3 aromatic rings. The van der Waals surface area contributed by atoms with Crippen LogP contribution in [0.3, 0.4) is 0 Å². The molecule has 0 aliphatic heterocycles. The zero-order chi connectivity index (χ0) is 14.8. The molecule has 106 valence electrons. The molecular weight excluding hydrogens is 275 g/mol. The second-order valence-electron chi connectivity index (χ2n) is 4.50. The maximum atomic E-state index is 13.1. The molecule has 21 heavy (non-hydrogen) atoms. The normalized spacial score (nSPS) is 10.7. The van der Waals surface area contributed by atoms with E-state index in [1.165, 1.54) is 18.4 Å². The third kappa shape index (κ3) is 2.72. The molecule has 3 rings (SSSR count). The van der Waals surface area contributed by atoms with Crippen LogP contribution < -0.4 is 4.74 Å². The molecule has 4 nitrogen and oxygen atoms in total. The fourth-order valence-electron chi connectivity index (χ4n) is 2.09. The number of furan rings is 1. The molecule has 0 fully saturated rings. The van der Waals surface area contributed by atoms with Crippen molar-refractivity contribution in [2.24, 2.45) is 0 Å². The average Bonchev–Trinajstić information content (AvgIpc) is 2.88. The lowest BCUT2D eigenvalue weighted by molar-refractivity contribution is -0.139. The molecule has 0 unspecified atom stereocenters. The van der Waals surface area contributed by atoms with Crippen molar-refractivity contribution < 1.29 is 23.4 Å². The van der Waals surface area contributed by atoms with Crippen LogP contribution in [0.1, 0.15) is 0 Å². The Bertz CT molecular complexity index is 790. The molecule has 1 aromatic heterocycles. The first-order valence-corrected chi connectivity index (χ1v) is 6.25. The number of halogens is 1. The van der Waals surface area contributed by atoms with E-state index in [9.17, 15) is 9.18 Å². The summed E-state index contributed by atoms with van der Waals surface area (Å²) in [6, 6.07) is 11.3. The highest BCUT2D eigenvalue weighted by Crippen LogP contribution is 2.31. The molecule has 2 aromatic carbocycles. The number of hydrogen-bond acceptors (Lipinski definition) is 3. The average molecular weight is 286 g/mol. The molecule has 0 atom stereocenters. The molecule has 5 heteroatoms. The van der Waals surface area contributed by atoms with Crippen molar-refractivity contribution in [2.75, 3.05) is 6.61 Å². The molecule has 0 aliphatic rings. The van der Waals surface area contributed by atoms with Crippen LogP contribution in [0, 0.1) is 5.82 Å². The van der Waals surface area contributed by atoms with E-state index in [4.69, 9.17) is 14.3 Å². The Hall–Kier alpha value is -2.82. The van der Waals surface area contributed by atoms with Crippen LogP contribution in [-0.4, -0.2) is 17.7 Å². The highest BCUT2D eigenvalue weighted by Gasteiger charge is 2.09. The van der Waals surface area contributed by atoms with Crippen molar-refractivity contribution in [1.29, 1.82) is 0 Å². The number of ether oxygens (including phenoxy) is 1. The van der Waals surface area contributed by atoms with E-state index in [1.54, 1.807) is 30.3 Å². The molecule has 0 spiro atoms. The minimum absolute atomic E-state index is 0.313. The Labute approximate surface area is 119 Å². The first kappa shape index (κ1) is 13.2. The van der Waals surface area contributed by atoms with Gasteiger partial charge in [0.2, 0.25) is 0 Å². The Kier molecular flexibility index (Phi) is 3.31. The number of rotatable bonds is 4. The predicted molar refractivity (Wildman–Crippen MR) is 74.7 cm³/mol. The molecule has 0 amide bonds. The van der Waals surface area contributed by atoms with Crippen LogP contribution >= 0.6 is 0 Å². The van der Waals surface area contributed by atoms with E-state index in [-0.39, 0.29) is 12.4 Å². The summed E-state index contributed by atoms with van der Waals surface area (Å²) in [5.41, 5.74) is 0.805. The van der Waals surface area contributed by atoms with E-state index < -0.39 is 5.97 Å². The van der Waals surface area contributed by atoms with Crippen LogP contribution in [0.15, 0.2) is 53.1 Å². The summed E-state index contributed by atoms with van der Waals surface area (Å²) in [5.74, 6) is -0.247. The molecule has 0 bridgehead atoms. The Balaban J connectivity index is 1.90. The highest BCUT2D eigenvalue weighted by atomic mass is 19.1. The summed E-state index contributed by atoms with van der Waals surface area (Å²) in [5, 5.41) is 10.1. The van der Waals surface area contributed by atoms with Crippen LogP contribution in [0.4, 0.5) is 4.39 Å². The Morgan fingerprint density at radius 2 is 1.95 bits per heavy atom. The largest absolute Gasteiger partial charge is 0.482 e.